The zero-order valence-corrected chi connectivity index (χ0v) is 10.2. The van der Waals surface area contributed by atoms with E-state index in [4.69, 9.17) is 0 Å². The molecule has 2 rings (SSSR count). The molecule has 0 saturated heterocycles. The summed E-state index contributed by atoms with van der Waals surface area (Å²) in [6.07, 6.45) is 0.858. The van der Waals surface area contributed by atoms with Crippen LogP contribution >= 0.6 is 0 Å². The summed E-state index contributed by atoms with van der Waals surface area (Å²) in [6, 6.07) is 14.0. The number of amides is 1. The molecule has 17 heavy (non-hydrogen) atoms. The van der Waals surface area contributed by atoms with Gasteiger partial charge in [-0.3, -0.25) is 4.79 Å². The van der Waals surface area contributed by atoms with Crippen LogP contribution in [0.4, 0.5) is 5.69 Å². The first kappa shape index (κ1) is 11.6. The number of fused-ring (bicyclic) bond motifs is 1. The van der Waals surface area contributed by atoms with Crippen LogP contribution in [-0.2, 0) is 4.79 Å². The van der Waals surface area contributed by atoms with E-state index in [1.807, 2.05) is 56.3 Å². The van der Waals surface area contributed by atoms with Crippen LogP contribution in [0, 0.1) is 5.92 Å². The van der Waals surface area contributed by atoms with E-state index in [1.54, 1.807) is 0 Å². The molecule has 0 fully saturated rings. The predicted octanol–water partition coefficient (Wildman–Crippen LogP) is 3.82. The lowest BCUT2D eigenvalue weighted by Crippen LogP contribution is -2.19. The van der Waals surface area contributed by atoms with Gasteiger partial charge in [-0.25, -0.2) is 0 Å². The van der Waals surface area contributed by atoms with Gasteiger partial charge in [-0.2, -0.15) is 0 Å². The monoisotopic (exact) mass is 227 g/mol. The van der Waals surface area contributed by atoms with Gasteiger partial charge in [-0.15, -0.1) is 0 Å². The zero-order chi connectivity index (χ0) is 12.3. The average Bonchev–Trinajstić information content (AvgIpc) is 2.38. The number of nitrogens with one attached hydrogen (secondary N) is 1. The number of anilines is 1. The van der Waals surface area contributed by atoms with Crippen molar-refractivity contribution in [1.29, 1.82) is 0 Å². The van der Waals surface area contributed by atoms with Crippen molar-refractivity contribution in [3.8, 4) is 0 Å². The molecule has 1 atom stereocenters. The van der Waals surface area contributed by atoms with Crippen molar-refractivity contribution in [2.75, 3.05) is 5.32 Å². The summed E-state index contributed by atoms with van der Waals surface area (Å²) in [7, 11) is 0. The van der Waals surface area contributed by atoms with Crippen molar-refractivity contribution >= 4 is 22.4 Å². The van der Waals surface area contributed by atoms with E-state index in [2.05, 4.69) is 5.32 Å². The second-order valence-corrected chi connectivity index (χ2v) is 4.33. The maximum absolute atomic E-state index is 11.9. The van der Waals surface area contributed by atoms with Gasteiger partial charge in [0.05, 0.1) is 0 Å². The second kappa shape index (κ2) is 5.00. The molecule has 2 nitrogen and oxygen atoms in total. The molecule has 0 spiro atoms. The molecule has 0 radical (unpaired) electrons. The Morgan fingerprint density at radius 1 is 1.18 bits per heavy atom. The minimum Gasteiger partial charge on any atom is -0.325 e. The number of hydrogen-bond donors (Lipinski definition) is 1. The average molecular weight is 227 g/mol. The number of carbonyl (C=O) groups excluding carboxylic acids is 1. The molecule has 0 aliphatic rings. The van der Waals surface area contributed by atoms with Crippen LogP contribution in [0.3, 0.4) is 0 Å². The van der Waals surface area contributed by atoms with E-state index in [1.165, 1.54) is 0 Å². The Bertz CT molecular complexity index is 528. The maximum Gasteiger partial charge on any atom is 0.227 e. The molecule has 2 heteroatoms. The van der Waals surface area contributed by atoms with Gasteiger partial charge in [-0.1, -0.05) is 50.2 Å². The minimum atomic E-state index is 0.0500. The summed E-state index contributed by atoms with van der Waals surface area (Å²) in [4.78, 5) is 11.9. The summed E-state index contributed by atoms with van der Waals surface area (Å²) in [5.41, 5.74) is 0.897. The Labute approximate surface area is 102 Å². The topological polar surface area (TPSA) is 29.1 Å². The smallest absolute Gasteiger partial charge is 0.227 e. The van der Waals surface area contributed by atoms with Crippen LogP contribution in [0.5, 0.6) is 0 Å². The van der Waals surface area contributed by atoms with Crippen LogP contribution in [0.25, 0.3) is 10.8 Å². The Morgan fingerprint density at radius 2 is 1.88 bits per heavy atom. The highest BCUT2D eigenvalue weighted by Crippen LogP contribution is 2.23. The van der Waals surface area contributed by atoms with E-state index in [-0.39, 0.29) is 11.8 Å². The highest BCUT2D eigenvalue weighted by molar-refractivity contribution is 6.02. The molecule has 2 aromatic carbocycles. The fourth-order valence-corrected chi connectivity index (χ4v) is 1.78. The van der Waals surface area contributed by atoms with Gasteiger partial charge in [0.15, 0.2) is 0 Å². The van der Waals surface area contributed by atoms with E-state index in [9.17, 15) is 4.79 Å². The number of carbonyl (C=O) groups is 1. The normalized spacial score (nSPS) is 12.4. The molecule has 2 aromatic rings. The highest BCUT2D eigenvalue weighted by Gasteiger charge is 2.11. The van der Waals surface area contributed by atoms with Crippen molar-refractivity contribution in [2.24, 2.45) is 5.92 Å². The number of hydrogen-bond acceptors (Lipinski definition) is 1. The standard InChI is InChI=1S/C15H17NO/c1-3-11(2)15(17)16-14-10-6-8-12-7-4-5-9-13(12)14/h4-11H,3H2,1-2H3,(H,16,17)/t11-/m0/s1. The zero-order valence-electron chi connectivity index (χ0n) is 10.2. The van der Waals surface area contributed by atoms with E-state index >= 15 is 0 Å². The third kappa shape index (κ3) is 2.47. The number of benzene rings is 2. The van der Waals surface area contributed by atoms with Gasteiger partial charge >= 0.3 is 0 Å². The van der Waals surface area contributed by atoms with E-state index in [0.29, 0.717) is 0 Å². The van der Waals surface area contributed by atoms with Gasteiger partial charge in [0.2, 0.25) is 5.91 Å². The van der Waals surface area contributed by atoms with Crippen molar-refractivity contribution in [2.45, 2.75) is 20.3 Å². The lowest BCUT2D eigenvalue weighted by molar-refractivity contribution is -0.119. The third-order valence-electron chi connectivity index (χ3n) is 3.11. The van der Waals surface area contributed by atoms with Crippen LogP contribution in [0.1, 0.15) is 20.3 Å². The van der Waals surface area contributed by atoms with Crippen molar-refractivity contribution in [1.82, 2.24) is 0 Å². The molecule has 0 unspecified atom stereocenters. The molecule has 1 N–H and O–H groups in total. The lowest BCUT2D eigenvalue weighted by Gasteiger charge is -2.12. The van der Waals surface area contributed by atoms with Gasteiger partial charge in [0, 0.05) is 17.0 Å². The van der Waals surface area contributed by atoms with Crippen LogP contribution in [0.2, 0.25) is 0 Å². The number of rotatable bonds is 3. The quantitative estimate of drug-likeness (QED) is 0.848. The van der Waals surface area contributed by atoms with Crippen LogP contribution < -0.4 is 5.32 Å². The molecule has 0 bridgehead atoms. The Morgan fingerprint density at radius 3 is 2.65 bits per heavy atom. The van der Waals surface area contributed by atoms with Crippen molar-refractivity contribution in [3.05, 3.63) is 42.5 Å². The van der Waals surface area contributed by atoms with Crippen molar-refractivity contribution < 1.29 is 4.79 Å². The van der Waals surface area contributed by atoms with Crippen LogP contribution in [0.15, 0.2) is 42.5 Å². The van der Waals surface area contributed by atoms with E-state index in [0.717, 1.165) is 22.9 Å². The molecule has 88 valence electrons. The van der Waals surface area contributed by atoms with Gasteiger partial charge < -0.3 is 5.32 Å². The first-order chi connectivity index (χ1) is 8.22. The minimum absolute atomic E-state index is 0.0500. The molecular weight excluding hydrogens is 210 g/mol. The Balaban J connectivity index is 2.33. The predicted molar refractivity (Wildman–Crippen MR) is 72.0 cm³/mol. The molecule has 0 heterocycles. The van der Waals surface area contributed by atoms with Gasteiger partial charge in [0.1, 0.15) is 0 Å². The molecule has 0 saturated carbocycles. The fourth-order valence-electron chi connectivity index (χ4n) is 1.78. The summed E-state index contributed by atoms with van der Waals surface area (Å²) < 4.78 is 0. The summed E-state index contributed by atoms with van der Waals surface area (Å²) >= 11 is 0. The molecular formula is C15H17NO. The Kier molecular flexibility index (Phi) is 3.43. The first-order valence-corrected chi connectivity index (χ1v) is 6.01. The maximum atomic E-state index is 11.9. The third-order valence-corrected chi connectivity index (χ3v) is 3.11. The summed E-state index contributed by atoms with van der Waals surface area (Å²) in [6.45, 7) is 3.97. The molecule has 1 amide bonds. The van der Waals surface area contributed by atoms with E-state index < -0.39 is 0 Å². The fraction of sp³-hybridized carbons (Fsp3) is 0.267. The molecule has 0 aliphatic heterocycles. The lowest BCUT2D eigenvalue weighted by atomic mass is 10.1. The van der Waals surface area contributed by atoms with Crippen molar-refractivity contribution in [3.63, 3.8) is 0 Å². The Hall–Kier alpha value is -1.83. The van der Waals surface area contributed by atoms with Crippen LogP contribution in [-0.4, -0.2) is 5.91 Å². The summed E-state index contributed by atoms with van der Waals surface area (Å²) in [5, 5.41) is 5.23. The SMILES string of the molecule is CC[C@H](C)C(=O)Nc1cccc2ccccc12. The molecule has 0 aromatic heterocycles. The molecule has 0 aliphatic carbocycles. The summed E-state index contributed by atoms with van der Waals surface area (Å²) in [5.74, 6) is 0.137. The highest BCUT2D eigenvalue weighted by atomic mass is 16.1. The first-order valence-electron chi connectivity index (χ1n) is 6.01. The van der Waals surface area contributed by atoms with Gasteiger partial charge in [-0.05, 0) is 17.9 Å². The van der Waals surface area contributed by atoms with Gasteiger partial charge in [0.25, 0.3) is 0 Å². The largest absolute Gasteiger partial charge is 0.325 e. The second-order valence-electron chi connectivity index (χ2n) is 4.33.